The van der Waals surface area contributed by atoms with Crippen molar-refractivity contribution >= 4 is 23.2 Å². The molecule has 0 spiro atoms. The summed E-state index contributed by atoms with van der Waals surface area (Å²) >= 11 is 0. The van der Waals surface area contributed by atoms with Crippen LogP contribution in [-0.2, 0) is 33.2 Å². The standard InChI is InChI=1S/C20H17F6N3O4/c21-19(22,23)12-3-1-7-29(18(12)32)10-16(30)28-14-6-5-11(9-13(14)20(24,25)26)27-17(31)15-4-2-8-33-15/h1,3,5-7,9,15H,2,4,8,10H2,(H,27,31)(H,28,30). The number of rotatable bonds is 5. The lowest BCUT2D eigenvalue weighted by molar-refractivity contribution is -0.139. The van der Waals surface area contributed by atoms with Crippen LogP contribution < -0.4 is 16.2 Å². The molecule has 1 aliphatic rings. The fourth-order valence-electron chi connectivity index (χ4n) is 3.19. The van der Waals surface area contributed by atoms with Gasteiger partial charge < -0.3 is 19.9 Å². The third-order valence-electron chi connectivity index (χ3n) is 4.73. The van der Waals surface area contributed by atoms with Gasteiger partial charge in [0.1, 0.15) is 18.2 Å². The van der Waals surface area contributed by atoms with Gasteiger partial charge in [-0.25, -0.2) is 0 Å². The second-order valence-corrected chi connectivity index (χ2v) is 7.15. The zero-order valence-electron chi connectivity index (χ0n) is 16.7. The van der Waals surface area contributed by atoms with Crippen LogP contribution in [0.15, 0.2) is 41.3 Å². The maximum Gasteiger partial charge on any atom is 0.421 e. The Bertz CT molecular complexity index is 1100. The molecule has 1 aromatic carbocycles. The van der Waals surface area contributed by atoms with Gasteiger partial charge in [-0.15, -0.1) is 0 Å². The predicted molar refractivity (Wildman–Crippen MR) is 103 cm³/mol. The van der Waals surface area contributed by atoms with Crippen LogP contribution >= 0.6 is 0 Å². The van der Waals surface area contributed by atoms with Crippen LogP contribution in [0.2, 0.25) is 0 Å². The minimum absolute atomic E-state index is 0.185. The van der Waals surface area contributed by atoms with Gasteiger partial charge in [-0.3, -0.25) is 14.4 Å². The molecule has 0 radical (unpaired) electrons. The summed E-state index contributed by atoms with van der Waals surface area (Å²) in [6.07, 6.45) is -8.67. The maximum atomic E-state index is 13.5. The molecule has 178 valence electrons. The fraction of sp³-hybridized carbons (Fsp3) is 0.350. The summed E-state index contributed by atoms with van der Waals surface area (Å²) < 4.78 is 84.7. The topological polar surface area (TPSA) is 89.4 Å². The molecular formula is C20H17F6N3O4. The Hall–Kier alpha value is -3.35. The number of nitrogens with one attached hydrogen (secondary N) is 2. The number of carbonyl (C=O) groups is 2. The molecule has 2 heterocycles. The van der Waals surface area contributed by atoms with Crippen LogP contribution in [0.1, 0.15) is 24.0 Å². The molecule has 2 N–H and O–H groups in total. The van der Waals surface area contributed by atoms with E-state index >= 15 is 0 Å². The van der Waals surface area contributed by atoms with Crippen LogP contribution in [-0.4, -0.2) is 29.1 Å². The number of ether oxygens (including phenoxy) is 1. The maximum absolute atomic E-state index is 13.5. The number of anilines is 2. The van der Waals surface area contributed by atoms with Crippen molar-refractivity contribution in [1.29, 1.82) is 0 Å². The Morgan fingerprint density at radius 2 is 1.73 bits per heavy atom. The predicted octanol–water partition coefficient (Wildman–Crippen LogP) is 3.64. The van der Waals surface area contributed by atoms with Gasteiger partial charge >= 0.3 is 12.4 Å². The highest BCUT2D eigenvalue weighted by Crippen LogP contribution is 2.37. The van der Waals surface area contributed by atoms with Crippen molar-refractivity contribution in [2.45, 2.75) is 37.8 Å². The Labute approximate surface area is 182 Å². The average Bonchev–Trinajstić information content (AvgIpc) is 3.24. The number of alkyl halides is 6. The largest absolute Gasteiger partial charge is 0.421 e. The highest BCUT2D eigenvalue weighted by molar-refractivity contribution is 5.95. The van der Waals surface area contributed by atoms with Gasteiger partial charge in [0.25, 0.3) is 11.5 Å². The average molecular weight is 477 g/mol. The van der Waals surface area contributed by atoms with Crippen LogP contribution in [0.5, 0.6) is 0 Å². The van der Waals surface area contributed by atoms with E-state index in [4.69, 9.17) is 4.74 Å². The van der Waals surface area contributed by atoms with Gasteiger partial charge in [0.2, 0.25) is 5.91 Å². The van der Waals surface area contributed by atoms with Crippen molar-refractivity contribution in [2.24, 2.45) is 0 Å². The summed E-state index contributed by atoms with van der Waals surface area (Å²) in [5.41, 5.74) is -5.20. The first-order valence-corrected chi connectivity index (χ1v) is 9.56. The molecule has 2 amide bonds. The van der Waals surface area contributed by atoms with Gasteiger partial charge in [0.15, 0.2) is 0 Å². The second kappa shape index (κ2) is 9.25. The van der Waals surface area contributed by atoms with E-state index in [9.17, 15) is 40.7 Å². The van der Waals surface area contributed by atoms with E-state index in [-0.39, 0.29) is 5.69 Å². The van der Waals surface area contributed by atoms with Gasteiger partial charge in [-0.05, 0) is 43.2 Å². The molecule has 33 heavy (non-hydrogen) atoms. The lowest BCUT2D eigenvalue weighted by atomic mass is 10.1. The summed E-state index contributed by atoms with van der Waals surface area (Å²) in [6.45, 7) is -0.580. The molecule has 0 saturated carbocycles. The number of aromatic nitrogens is 1. The van der Waals surface area contributed by atoms with E-state index in [1.54, 1.807) is 0 Å². The minimum atomic E-state index is -4.95. The van der Waals surface area contributed by atoms with Crippen molar-refractivity contribution < 1.29 is 40.7 Å². The molecule has 1 fully saturated rings. The van der Waals surface area contributed by atoms with Gasteiger partial charge in [-0.1, -0.05) is 0 Å². The molecule has 2 aromatic rings. The molecule has 1 aliphatic heterocycles. The van der Waals surface area contributed by atoms with Gasteiger partial charge in [-0.2, -0.15) is 26.3 Å². The normalized spacial score (nSPS) is 16.5. The molecule has 3 rings (SSSR count). The Balaban J connectivity index is 1.79. The van der Waals surface area contributed by atoms with Crippen molar-refractivity contribution in [3.8, 4) is 0 Å². The van der Waals surface area contributed by atoms with Gasteiger partial charge in [0, 0.05) is 18.5 Å². The van der Waals surface area contributed by atoms with E-state index in [0.717, 1.165) is 24.4 Å². The second-order valence-electron chi connectivity index (χ2n) is 7.15. The number of hydrogen-bond acceptors (Lipinski definition) is 4. The first-order valence-electron chi connectivity index (χ1n) is 9.56. The molecule has 1 aromatic heterocycles. The number of hydrogen-bond donors (Lipinski definition) is 2. The SMILES string of the molecule is O=C(Cn1cccc(C(F)(F)F)c1=O)Nc1ccc(NC(=O)C2CCCO2)cc1C(F)(F)F. The van der Waals surface area contributed by atoms with Gasteiger partial charge in [0.05, 0.1) is 11.3 Å². The first-order chi connectivity index (χ1) is 15.4. The monoisotopic (exact) mass is 477 g/mol. The Morgan fingerprint density at radius 3 is 2.33 bits per heavy atom. The first kappa shape index (κ1) is 24.3. The highest BCUT2D eigenvalue weighted by atomic mass is 19.4. The molecule has 0 bridgehead atoms. The minimum Gasteiger partial charge on any atom is -0.368 e. The third-order valence-corrected chi connectivity index (χ3v) is 4.73. The quantitative estimate of drug-likeness (QED) is 0.644. The number of amides is 2. The number of halogens is 6. The van der Waals surface area contributed by atoms with E-state index in [2.05, 4.69) is 5.32 Å². The molecular weight excluding hydrogens is 460 g/mol. The number of carbonyl (C=O) groups excluding carboxylic acids is 2. The van der Waals surface area contributed by atoms with Crippen molar-refractivity contribution in [3.63, 3.8) is 0 Å². The summed E-state index contributed by atoms with van der Waals surface area (Å²) in [5.74, 6) is -1.76. The molecule has 1 atom stereocenters. The van der Waals surface area contributed by atoms with Crippen LogP contribution in [0.4, 0.5) is 37.7 Å². The zero-order valence-corrected chi connectivity index (χ0v) is 16.7. The van der Waals surface area contributed by atoms with E-state index < -0.39 is 59.2 Å². The third kappa shape index (κ3) is 5.92. The lowest BCUT2D eigenvalue weighted by Gasteiger charge is -2.17. The number of pyridine rings is 1. The van der Waals surface area contributed by atoms with Crippen molar-refractivity contribution in [3.05, 3.63) is 58.0 Å². The van der Waals surface area contributed by atoms with Crippen molar-refractivity contribution in [1.82, 2.24) is 4.57 Å². The van der Waals surface area contributed by atoms with E-state index in [1.165, 1.54) is 0 Å². The summed E-state index contributed by atoms with van der Waals surface area (Å²) in [6, 6.07) is 4.04. The van der Waals surface area contributed by atoms with E-state index in [0.29, 0.717) is 36.1 Å². The fourth-order valence-corrected chi connectivity index (χ4v) is 3.19. The number of benzene rings is 1. The Kier molecular flexibility index (Phi) is 6.81. The smallest absolute Gasteiger partial charge is 0.368 e. The summed E-state index contributed by atoms with van der Waals surface area (Å²) in [4.78, 5) is 36.2. The molecule has 7 nitrogen and oxygen atoms in total. The van der Waals surface area contributed by atoms with Crippen molar-refractivity contribution in [2.75, 3.05) is 17.2 Å². The zero-order chi connectivity index (χ0) is 24.4. The van der Waals surface area contributed by atoms with Crippen LogP contribution in [0, 0.1) is 0 Å². The number of nitrogens with zero attached hydrogens (tertiary/aromatic N) is 1. The Morgan fingerprint density at radius 1 is 1.03 bits per heavy atom. The van der Waals surface area contributed by atoms with Crippen LogP contribution in [0.25, 0.3) is 0 Å². The van der Waals surface area contributed by atoms with E-state index in [1.807, 2.05) is 5.32 Å². The highest BCUT2D eigenvalue weighted by Gasteiger charge is 2.36. The molecule has 13 heteroatoms. The molecule has 0 aliphatic carbocycles. The lowest BCUT2D eigenvalue weighted by Crippen LogP contribution is -2.32. The summed E-state index contributed by atoms with van der Waals surface area (Å²) in [5, 5.41) is 4.27. The summed E-state index contributed by atoms with van der Waals surface area (Å²) in [7, 11) is 0. The van der Waals surface area contributed by atoms with Crippen LogP contribution in [0.3, 0.4) is 0 Å². The molecule has 1 unspecified atom stereocenters. The molecule has 1 saturated heterocycles.